The molecule has 2 aliphatic heterocycles. The lowest BCUT2D eigenvalue weighted by atomic mass is 9.78. The molecule has 2 saturated heterocycles. The van der Waals surface area contributed by atoms with Crippen LogP contribution in [0.2, 0.25) is 0 Å². The van der Waals surface area contributed by atoms with Crippen LogP contribution in [0.3, 0.4) is 0 Å². The van der Waals surface area contributed by atoms with Crippen LogP contribution in [-0.2, 0) is 11.3 Å². The topological polar surface area (TPSA) is 50.7 Å². The van der Waals surface area contributed by atoms with Crippen LogP contribution in [0.25, 0.3) is 0 Å². The minimum absolute atomic E-state index is 0.256. The number of aliphatic hydroxyl groups is 1. The predicted octanol–water partition coefficient (Wildman–Crippen LogP) is 4.63. The molecule has 2 fully saturated rings. The first-order valence-electron chi connectivity index (χ1n) is 9.84. The Kier molecular flexibility index (Phi) is 5.50. The van der Waals surface area contributed by atoms with E-state index in [-0.39, 0.29) is 23.7 Å². The number of alkyl halides is 3. The molecule has 4 nitrogen and oxygen atoms in total. The summed E-state index contributed by atoms with van der Waals surface area (Å²) in [5.74, 6) is -0.644. The summed E-state index contributed by atoms with van der Waals surface area (Å²) < 4.78 is 59.9. The summed E-state index contributed by atoms with van der Waals surface area (Å²) >= 11 is 0. The van der Waals surface area contributed by atoms with Gasteiger partial charge in [0, 0.05) is 11.1 Å². The maximum Gasteiger partial charge on any atom is 0.573 e. The van der Waals surface area contributed by atoms with E-state index in [0.29, 0.717) is 12.2 Å². The Morgan fingerprint density at radius 1 is 1.03 bits per heavy atom. The summed E-state index contributed by atoms with van der Waals surface area (Å²) in [5.41, 5.74) is 0.548. The summed E-state index contributed by atoms with van der Waals surface area (Å²) in [7, 11) is 0. The molecule has 8 heteroatoms. The van der Waals surface area contributed by atoms with Crippen LogP contribution in [0.4, 0.5) is 17.6 Å². The van der Waals surface area contributed by atoms with Gasteiger partial charge in [-0.25, -0.2) is 4.39 Å². The lowest BCUT2D eigenvalue weighted by molar-refractivity contribution is -0.274. The number of ether oxygens (including phenoxy) is 2. The summed E-state index contributed by atoms with van der Waals surface area (Å²) in [4.78, 5) is 0. The minimum Gasteiger partial charge on any atom is -0.406 e. The van der Waals surface area contributed by atoms with E-state index in [2.05, 4.69) is 10.1 Å². The van der Waals surface area contributed by atoms with Gasteiger partial charge in [-0.05, 0) is 61.1 Å². The van der Waals surface area contributed by atoms with E-state index in [1.54, 1.807) is 12.1 Å². The number of aliphatic hydroxyl groups excluding tert-OH is 1. The van der Waals surface area contributed by atoms with Crippen molar-refractivity contribution in [2.75, 3.05) is 6.61 Å². The van der Waals surface area contributed by atoms with Crippen LogP contribution < -0.4 is 10.1 Å². The second kappa shape index (κ2) is 7.83. The summed E-state index contributed by atoms with van der Waals surface area (Å²) in [6, 6.07) is 11.6. The SMILES string of the molecule is O[C@H](c1cccc(F)c1)C12CCC(COCc3ccc(OC(F)(F)F)cc3)(CC1)N2. The van der Waals surface area contributed by atoms with Crippen molar-refractivity contribution in [3.8, 4) is 5.75 Å². The van der Waals surface area contributed by atoms with Crippen LogP contribution in [0.1, 0.15) is 42.9 Å². The van der Waals surface area contributed by atoms with Crippen molar-refractivity contribution in [3.05, 3.63) is 65.5 Å². The number of rotatable bonds is 7. The van der Waals surface area contributed by atoms with Crippen LogP contribution in [0, 0.1) is 5.82 Å². The lowest BCUT2D eigenvalue weighted by Crippen LogP contribution is -2.48. The van der Waals surface area contributed by atoms with Gasteiger partial charge in [0.1, 0.15) is 11.6 Å². The number of hydrogen-bond donors (Lipinski definition) is 2. The molecule has 2 aliphatic rings. The van der Waals surface area contributed by atoms with Crippen molar-refractivity contribution in [2.45, 2.75) is 55.8 Å². The van der Waals surface area contributed by atoms with Crippen molar-refractivity contribution in [1.29, 1.82) is 0 Å². The monoisotopic (exact) mass is 425 g/mol. The first kappa shape index (κ1) is 21.1. The zero-order valence-corrected chi connectivity index (χ0v) is 16.2. The van der Waals surface area contributed by atoms with Crippen molar-refractivity contribution in [1.82, 2.24) is 5.32 Å². The molecule has 4 rings (SSSR count). The quantitative estimate of drug-likeness (QED) is 0.636. The molecule has 30 heavy (non-hydrogen) atoms. The molecule has 0 radical (unpaired) electrons. The maximum atomic E-state index is 13.5. The highest BCUT2D eigenvalue weighted by molar-refractivity contribution is 5.28. The van der Waals surface area contributed by atoms with E-state index in [4.69, 9.17) is 4.74 Å². The summed E-state index contributed by atoms with van der Waals surface area (Å²) in [6.07, 6.45) is -2.33. The Morgan fingerprint density at radius 2 is 1.73 bits per heavy atom. The summed E-state index contributed by atoms with van der Waals surface area (Å²) in [5, 5.41) is 14.4. The van der Waals surface area contributed by atoms with Crippen LogP contribution in [-0.4, -0.2) is 29.2 Å². The molecule has 2 aromatic carbocycles. The van der Waals surface area contributed by atoms with Crippen LogP contribution >= 0.6 is 0 Å². The third-order valence-electron chi connectivity index (χ3n) is 6.11. The van der Waals surface area contributed by atoms with E-state index in [0.717, 1.165) is 31.2 Å². The molecular weight excluding hydrogens is 402 g/mol. The number of hydrogen-bond acceptors (Lipinski definition) is 4. The number of halogens is 4. The Labute approximate surface area is 171 Å². The molecule has 2 N–H and O–H groups in total. The van der Waals surface area contributed by atoms with Gasteiger partial charge in [0.05, 0.1) is 19.3 Å². The van der Waals surface area contributed by atoms with Gasteiger partial charge in [-0.2, -0.15) is 0 Å². The number of fused-ring (bicyclic) bond motifs is 2. The average Bonchev–Trinajstić information content (AvgIpc) is 3.25. The lowest BCUT2D eigenvalue weighted by Gasteiger charge is -2.32. The fourth-order valence-electron chi connectivity index (χ4n) is 4.62. The predicted molar refractivity (Wildman–Crippen MR) is 101 cm³/mol. The molecule has 2 aromatic rings. The summed E-state index contributed by atoms with van der Waals surface area (Å²) in [6.45, 7) is 0.681. The molecule has 0 unspecified atom stereocenters. The Balaban J connectivity index is 1.32. The number of nitrogens with one attached hydrogen (secondary N) is 1. The van der Waals surface area contributed by atoms with Gasteiger partial charge in [0.25, 0.3) is 0 Å². The molecule has 162 valence electrons. The normalized spacial score (nSPS) is 26.7. The van der Waals surface area contributed by atoms with E-state index < -0.39 is 18.0 Å². The van der Waals surface area contributed by atoms with Crippen molar-refractivity contribution >= 4 is 0 Å². The van der Waals surface area contributed by atoms with Gasteiger partial charge >= 0.3 is 6.36 Å². The fraction of sp³-hybridized carbons (Fsp3) is 0.455. The van der Waals surface area contributed by atoms with Crippen molar-refractivity contribution < 1.29 is 32.1 Å². The molecule has 2 bridgehead atoms. The largest absolute Gasteiger partial charge is 0.573 e. The molecule has 0 aliphatic carbocycles. The van der Waals surface area contributed by atoms with Gasteiger partial charge in [0.2, 0.25) is 0 Å². The molecule has 0 aromatic heterocycles. The van der Waals surface area contributed by atoms with Gasteiger partial charge in [-0.3, -0.25) is 0 Å². The molecule has 1 atom stereocenters. The Hall–Kier alpha value is -2.16. The van der Waals surface area contributed by atoms with E-state index in [1.165, 1.54) is 36.4 Å². The van der Waals surface area contributed by atoms with Crippen molar-refractivity contribution in [3.63, 3.8) is 0 Å². The van der Waals surface area contributed by atoms with E-state index in [9.17, 15) is 22.7 Å². The van der Waals surface area contributed by atoms with Gasteiger partial charge in [0.15, 0.2) is 0 Å². The first-order valence-corrected chi connectivity index (χ1v) is 9.84. The third kappa shape index (κ3) is 4.45. The second-order valence-corrected chi connectivity index (χ2v) is 8.20. The van der Waals surface area contributed by atoms with Crippen LogP contribution in [0.15, 0.2) is 48.5 Å². The molecule has 0 spiro atoms. The van der Waals surface area contributed by atoms with Crippen LogP contribution in [0.5, 0.6) is 5.75 Å². The highest BCUT2D eigenvalue weighted by Crippen LogP contribution is 2.50. The first-order chi connectivity index (χ1) is 14.2. The minimum atomic E-state index is -4.71. The van der Waals surface area contributed by atoms with Gasteiger partial charge in [-0.1, -0.05) is 24.3 Å². The molecular formula is C22H23F4NO3. The molecule has 2 heterocycles. The smallest absolute Gasteiger partial charge is 0.406 e. The van der Waals surface area contributed by atoms with E-state index >= 15 is 0 Å². The Morgan fingerprint density at radius 3 is 2.37 bits per heavy atom. The second-order valence-electron chi connectivity index (χ2n) is 8.20. The highest BCUT2D eigenvalue weighted by Gasteiger charge is 2.57. The molecule has 0 amide bonds. The number of benzene rings is 2. The fourth-order valence-corrected chi connectivity index (χ4v) is 4.62. The highest BCUT2D eigenvalue weighted by atomic mass is 19.4. The van der Waals surface area contributed by atoms with Gasteiger partial charge in [-0.15, -0.1) is 13.2 Å². The average molecular weight is 425 g/mol. The standard InChI is InChI=1S/C22H23F4NO3/c23-17-3-1-2-16(12-17)19(28)21-10-8-20(27-21,9-11-21)14-29-13-15-4-6-18(7-5-15)30-22(24,25)26/h1-7,12,19,27-28H,8-11,13-14H2/t19-,20?,21?/m1/s1. The molecule has 0 saturated carbocycles. The third-order valence-corrected chi connectivity index (χ3v) is 6.11. The Bertz CT molecular complexity index is 877. The van der Waals surface area contributed by atoms with Crippen molar-refractivity contribution in [2.24, 2.45) is 0 Å². The zero-order chi connectivity index (χ0) is 21.4. The zero-order valence-electron chi connectivity index (χ0n) is 16.2. The maximum absolute atomic E-state index is 13.5. The van der Waals surface area contributed by atoms with E-state index in [1.807, 2.05) is 0 Å². The van der Waals surface area contributed by atoms with Gasteiger partial charge < -0.3 is 19.9 Å².